The Morgan fingerprint density at radius 2 is 1.02 bits per heavy atom. The number of hydrogen-bond donors (Lipinski definition) is 3. The average Bonchev–Trinajstić information content (AvgIpc) is 3.09. The summed E-state index contributed by atoms with van der Waals surface area (Å²) in [6, 6.07) is -0.696. The van der Waals surface area contributed by atoms with Gasteiger partial charge >= 0.3 is 5.97 Å². The topological polar surface area (TPSA) is 95.9 Å². The maximum atomic E-state index is 13.0. The minimum atomic E-state index is -0.782. The molecule has 0 saturated heterocycles. The van der Waals surface area contributed by atoms with Crippen molar-refractivity contribution >= 4 is 11.9 Å². The molecule has 0 rings (SSSR count). The Bertz CT molecular complexity index is 742. The lowest BCUT2D eigenvalue weighted by molar-refractivity contribution is -0.151. The van der Waals surface area contributed by atoms with E-state index in [0.717, 1.165) is 70.6 Å². The predicted molar refractivity (Wildman–Crippen MR) is 209 cm³/mol. The van der Waals surface area contributed by atoms with E-state index >= 15 is 0 Å². The van der Waals surface area contributed by atoms with Crippen molar-refractivity contribution in [1.29, 1.82) is 0 Å². The van der Waals surface area contributed by atoms with Crippen molar-refractivity contribution in [3.63, 3.8) is 0 Å². The van der Waals surface area contributed by atoms with Crippen LogP contribution >= 0.6 is 0 Å². The Balaban J connectivity index is 4.51. The SMILES string of the molecule is CCC/C=C\CCCCCC(CC(=O)NC(CO)C(O)CCCCCCCCCCCC)OC(=O)CCCCCCCCCCCCCC. The molecule has 0 fully saturated rings. The number of carbonyl (C=O) groups excluding carboxylic acids is 2. The number of ether oxygens (including phenoxy) is 1. The zero-order valence-corrected chi connectivity index (χ0v) is 32.8. The Hall–Kier alpha value is -1.40. The molecule has 0 aromatic heterocycles. The molecule has 3 atom stereocenters. The summed E-state index contributed by atoms with van der Waals surface area (Å²) in [4.78, 5) is 25.8. The van der Waals surface area contributed by atoms with Gasteiger partial charge in [-0.15, -0.1) is 0 Å². The number of carbonyl (C=O) groups is 2. The number of aliphatic hydroxyl groups excluding tert-OH is 2. The summed E-state index contributed by atoms with van der Waals surface area (Å²) < 4.78 is 5.86. The van der Waals surface area contributed by atoms with E-state index in [1.165, 1.54) is 109 Å². The molecule has 1 amide bonds. The minimum absolute atomic E-state index is 0.0715. The highest BCUT2D eigenvalue weighted by atomic mass is 16.5. The number of aliphatic hydroxyl groups is 2. The van der Waals surface area contributed by atoms with Crippen LogP contribution < -0.4 is 5.32 Å². The van der Waals surface area contributed by atoms with E-state index in [1.807, 2.05) is 0 Å². The average molecular weight is 694 g/mol. The summed E-state index contributed by atoms with van der Waals surface area (Å²) in [5.41, 5.74) is 0. The maximum absolute atomic E-state index is 13.0. The van der Waals surface area contributed by atoms with Crippen LogP contribution in [0, 0.1) is 0 Å². The molecule has 0 bridgehead atoms. The third kappa shape index (κ3) is 33.5. The van der Waals surface area contributed by atoms with E-state index in [-0.39, 0.29) is 24.9 Å². The van der Waals surface area contributed by atoms with Gasteiger partial charge in [0.05, 0.1) is 25.2 Å². The number of rotatable bonds is 38. The maximum Gasteiger partial charge on any atom is 0.306 e. The summed E-state index contributed by atoms with van der Waals surface area (Å²) in [5, 5.41) is 23.5. The van der Waals surface area contributed by atoms with E-state index in [4.69, 9.17) is 4.74 Å². The fourth-order valence-electron chi connectivity index (χ4n) is 6.55. The molecule has 49 heavy (non-hydrogen) atoms. The van der Waals surface area contributed by atoms with Crippen molar-refractivity contribution in [1.82, 2.24) is 5.32 Å². The van der Waals surface area contributed by atoms with E-state index < -0.39 is 18.2 Å². The van der Waals surface area contributed by atoms with Gasteiger partial charge in [-0.25, -0.2) is 0 Å². The molecule has 0 aliphatic rings. The first-order chi connectivity index (χ1) is 24.0. The Labute approximate surface area is 304 Å². The van der Waals surface area contributed by atoms with Gasteiger partial charge in [-0.05, 0) is 44.9 Å². The standard InChI is InChI=1S/C43H83NO5/c1-4-7-10-13-16-19-21-22-24-27-30-33-36-43(48)49-39(34-31-28-25-18-15-12-9-6-3)37-42(47)44-40(38-45)41(46)35-32-29-26-23-20-17-14-11-8-5-2/h12,15,39-41,45-46H,4-11,13-14,16-38H2,1-3H3,(H,44,47)/b15-12-. The van der Waals surface area contributed by atoms with Gasteiger partial charge < -0.3 is 20.3 Å². The first kappa shape index (κ1) is 47.6. The van der Waals surface area contributed by atoms with Gasteiger partial charge in [0, 0.05) is 6.42 Å². The zero-order valence-electron chi connectivity index (χ0n) is 32.8. The number of allylic oxidation sites excluding steroid dienone is 2. The largest absolute Gasteiger partial charge is 0.462 e. The lowest BCUT2D eigenvalue weighted by atomic mass is 10.0. The molecule has 0 saturated carbocycles. The first-order valence-electron chi connectivity index (χ1n) is 21.4. The second-order valence-electron chi connectivity index (χ2n) is 14.7. The van der Waals surface area contributed by atoms with Gasteiger partial charge in [0.1, 0.15) is 6.10 Å². The fourth-order valence-corrected chi connectivity index (χ4v) is 6.55. The molecule has 290 valence electrons. The summed E-state index contributed by atoms with van der Waals surface area (Å²) in [7, 11) is 0. The van der Waals surface area contributed by atoms with Crippen LogP contribution in [0.25, 0.3) is 0 Å². The summed E-state index contributed by atoms with van der Waals surface area (Å²) in [6.07, 6.45) is 38.5. The number of nitrogens with one attached hydrogen (secondary N) is 1. The van der Waals surface area contributed by atoms with Crippen molar-refractivity contribution in [2.45, 2.75) is 244 Å². The summed E-state index contributed by atoms with van der Waals surface area (Å²) in [6.45, 7) is 6.38. The molecule has 3 unspecified atom stereocenters. The van der Waals surface area contributed by atoms with Gasteiger partial charge in [0.15, 0.2) is 0 Å². The Morgan fingerprint density at radius 1 is 0.571 bits per heavy atom. The van der Waals surface area contributed by atoms with Gasteiger partial charge in [0.2, 0.25) is 5.91 Å². The van der Waals surface area contributed by atoms with Crippen LogP contribution in [0.5, 0.6) is 0 Å². The van der Waals surface area contributed by atoms with E-state index in [0.29, 0.717) is 19.3 Å². The van der Waals surface area contributed by atoms with Crippen molar-refractivity contribution in [3.05, 3.63) is 12.2 Å². The highest BCUT2D eigenvalue weighted by molar-refractivity contribution is 5.77. The first-order valence-corrected chi connectivity index (χ1v) is 21.4. The van der Waals surface area contributed by atoms with Crippen LogP contribution in [0.3, 0.4) is 0 Å². The molecule has 6 nitrogen and oxygen atoms in total. The minimum Gasteiger partial charge on any atom is -0.462 e. The number of unbranched alkanes of at least 4 members (excludes halogenated alkanes) is 24. The Morgan fingerprint density at radius 3 is 1.53 bits per heavy atom. The smallest absolute Gasteiger partial charge is 0.306 e. The highest BCUT2D eigenvalue weighted by Gasteiger charge is 2.24. The van der Waals surface area contributed by atoms with Crippen molar-refractivity contribution in [2.24, 2.45) is 0 Å². The number of amides is 1. The third-order valence-corrected chi connectivity index (χ3v) is 9.83. The van der Waals surface area contributed by atoms with Crippen LogP contribution in [-0.2, 0) is 14.3 Å². The lowest BCUT2D eigenvalue weighted by Gasteiger charge is -2.24. The van der Waals surface area contributed by atoms with Crippen LogP contribution in [0.2, 0.25) is 0 Å². The Kier molecular flexibility index (Phi) is 36.8. The monoisotopic (exact) mass is 694 g/mol. The van der Waals surface area contributed by atoms with Crippen LogP contribution in [0.4, 0.5) is 0 Å². The van der Waals surface area contributed by atoms with Crippen LogP contribution in [-0.4, -0.2) is 46.9 Å². The molecule has 0 aliphatic carbocycles. The number of esters is 1. The molecular formula is C43H83NO5. The lowest BCUT2D eigenvalue weighted by Crippen LogP contribution is -2.46. The molecule has 0 aliphatic heterocycles. The van der Waals surface area contributed by atoms with Gasteiger partial charge in [-0.1, -0.05) is 181 Å². The quantitative estimate of drug-likeness (QED) is 0.0340. The normalized spacial score (nSPS) is 13.5. The van der Waals surface area contributed by atoms with Crippen molar-refractivity contribution in [3.8, 4) is 0 Å². The molecule has 0 heterocycles. The third-order valence-electron chi connectivity index (χ3n) is 9.83. The summed E-state index contributed by atoms with van der Waals surface area (Å²) >= 11 is 0. The molecule has 0 radical (unpaired) electrons. The second-order valence-corrected chi connectivity index (χ2v) is 14.7. The highest BCUT2D eigenvalue weighted by Crippen LogP contribution is 2.17. The van der Waals surface area contributed by atoms with Gasteiger partial charge in [-0.2, -0.15) is 0 Å². The van der Waals surface area contributed by atoms with Crippen molar-refractivity contribution < 1.29 is 24.5 Å². The molecule has 0 aromatic carbocycles. The van der Waals surface area contributed by atoms with E-state index in [2.05, 4.69) is 38.2 Å². The van der Waals surface area contributed by atoms with Gasteiger partial charge in [-0.3, -0.25) is 9.59 Å². The molecule has 3 N–H and O–H groups in total. The molecular weight excluding hydrogens is 610 g/mol. The van der Waals surface area contributed by atoms with Crippen LogP contribution in [0.15, 0.2) is 12.2 Å². The van der Waals surface area contributed by atoms with Crippen molar-refractivity contribution in [2.75, 3.05) is 6.61 Å². The summed E-state index contributed by atoms with van der Waals surface area (Å²) in [5.74, 6) is -0.487. The number of hydrogen-bond acceptors (Lipinski definition) is 5. The van der Waals surface area contributed by atoms with Crippen LogP contribution in [0.1, 0.15) is 226 Å². The van der Waals surface area contributed by atoms with Gasteiger partial charge in [0.25, 0.3) is 0 Å². The predicted octanol–water partition coefficient (Wildman–Crippen LogP) is 11.8. The molecule has 0 spiro atoms. The fraction of sp³-hybridized carbons (Fsp3) is 0.907. The molecule has 6 heteroatoms. The zero-order chi connectivity index (χ0) is 36.0. The molecule has 0 aromatic rings. The van der Waals surface area contributed by atoms with E-state index in [1.54, 1.807) is 0 Å². The second kappa shape index (κ2) is 37.8. The van der Waals surface area contributed by atoms with E-state index in [9.17, 15) is 19.8 Å².